The quantitative estimate of drug-likeness (QED) is 0.628. The zero-order valence-corrected chi connectivity index (χ0v) is 18.7. The third kappa shape index (κ3) is 6.68. The Bertz CT molecular complexity index is 973. The van der Waals surface area contributed by atoms with Gasteiger partial charge in [0.1, 0.15) is 12.3 Å². The molecule has 0 spiro atoms. The first-order valence-electron chi connectivity index (χ1n) is 10.1. The number of nitrogens with zero attached hydrogens (tertiary/aromatic N) is 2. The van der Waals surface area contributed by atoms with Crippen molar-refractivity contribution in [2.45, 2.75) is 13.1 Å². The van der Waals surface area contributed by atoms with Crippen molar-refractivity contribution in [1.82, 2.24) is 10.2 Å². The fraction of sp³-hybridized carbons (Fsp3) is 0.409. The van der Waals surface area contributed by atoms with Crippen LogP contribution in [0.1, 0.15) is 11.1 Å². The SMILES string of the molecule is COc1ccccc1N(CC(=O)NCc1ccc(CN2CCOCC2)cc1)S(C)(=O)=O. The summed E-state index contributed by atoms with van der Waals surface area (Å²) in [5, 5.41) is 2.80. The van der Waals surface area contributed by atoms with Gasteiger partial charge in [0.15, 0.2) is 0 Å². The lowest BCUT2D eigenvalue weighted by Crippen LogP contribution is -2.40. The summed E-state index contributed by atoms with van der Waals surface area (Å²) in [5.74, 6) is -0.00898. The van der Waals surface area contributed by atoms with Gasteiger partial charge in [-0.05, 0) is 23.3 Å². The fourth-order valence-electron chi connectivity index (χ4n) is 3.38. The van der Waals surface area contributed by atoms with Crippen LogP contribution in [-0.2, 0) is 32.6 Å². The van der Waals surface area contributed by atoms with Crippen LogP contribution in [0.4, 0.5) is 5.69 Å². The number of amides is 1. The van der Waals surface area contributed by atoms with Crippen molar-refractivity contribution in [3.05, 3.63) is 59.7 Å². The average molecular weight is 448 g/mol. The minimum Gasteiger partial charge on any atom is -0.495 e. The molecule has 1 aliphatic heterocycles. The van der Waals surface area contributed by atoms with Crippen LogP contribution < -0.4 is 14.4 Å². The molecule has 2 aromatic rings. The van der Waals surface area contributed by atoms with Crippen molar-refractivity contribution in [3.8, 4) is 5.75 Å². The zero-order valence-electron chi connectivity index (χ0n) is 17.9. The van der Waals surface area contributed by atoms with Gasteiger partial charge in [-0.15, -0.1) is 0 Å². The van der Waals surface area contributed by atoms with E-state index >= 15 is 0 Å². The van der Waals surface area contributed by atoms with E-state index in [1.54, 1.807) is 24.3 Å². The van der Waals surface area contributed by atoms with E-state index in [1.807, 2.05) is 12.1 Å². The van der Waals surface area contributed by atoms with Gasteiger partial charge in [-0.25, -0.2) is 8.42 Å². The summed E-state index contributed by atoms with van der Waals surface area (Å²) in [6.07, 6.45) is 1.07. The van der Waals surface area contributed by atoms with Crippen molar-refractivity contribution >= 4 is 21.6 Å². The number of sulfonamides is 1. The normalized spacial score (nSPS) is 14.8. The van der Waals surface area contributed by atoms with Crippen LogP contribution in [0.5, 0.6) is 5.75 Å². The number of carbonyl (C=O) groups excluding carboxylic acids is 1. The second kappa shape index (κ2) is 10.6. The standard InChI is InChI=1S/C22H29N3O5S/c1-29-21-6-4-3-5-20(21)25(31(2,27)28)17-22(26)23-15-18-7-9-19(10-8-18)16-24-11-13-30-14-12-24/h3-10H,11-17H2,1-2H3,(H,23,26). The number of hydrogen-bond acceptors (Lipinski definition) is 6. The molecule has 0 aromatic heterocycles. The lowest BCUT2D eigenvalue weighted by atomic mass is 10.1. The molecule has 0 saturated carbocycles. The fourth-order valence-corrected chi connectivity index (χ4v) is 4.24. The number of carbonyl (C=O) groups is 1. The highest BCUT2D eigenvalue weighted by molar-refractivity contribution is 7.92. The van der Waals surface area contributed by atoms with Gasteiger partial charge in [-0.1, -0.05) is 36.4 Å². The molecule has 31 heavy (non-hydrogen) atoms. The smallest absolute Gasteiger partial charge is 0.241 e. The van der Waals surface area contributed by atoms with Crippen molar-refractivity contribution in [2.24, 2.45) is 0 Å². The molecular weight excluding hydrogens is 418 g/mol. The van der Waals surface area contributed by atoms with E-state index < -0.39 is 15.9 Å². The monoisotopic (exact) mass is 447 g/mol. The summed E-state index contributed by atoms with van der Waals surface area (Å²) in [6, 6.07) is 14.8. The summed E-state index contributed by atoms with van der Waals surface area (Å²) in [5.41, 5.74) is 2.48. The van der Waals surface area contributed by atoms with Gasteiger partial charge in [0.05, 0.1) is 32.3 Å². The van der Waals surface area contributed by atoms with Gasteiger partial charge >= 0.3 is 0 Å². The molecule has 168 valence electrons. The van der Waals surface area contributed by atoms with Crippen molar-refractivity contribution in [1.29, 1.82) is 0 Å². The first kappa shape index (κ1) is 23.1. The van der Waals surface area contributed by atoms with E-state index in [4.69, 9.17) is 9.47 Å². The van der Waals surface area contributed by atoms with Gasteiger partial charge in [-0.3, -0.25) is 14.0 Å². The predicted molar refractivity (Wildman–Crippen MR) is 120 cm³/mol. The highest BCUT2D eigenvalue weighted by Crippen LogP contribution is 2.29. The number of benzene rings is 2. The maximum Gasteiger partial charge on any atom is 0.241 e. The molecule has 0 aliphatic carbocycles. The van der Waals surface area contributed by atoms with E-state index in [-0.39, 0.29) is 6.54 Å². The molecule has 1 amide bonds. The van der Waals surface area contributed by atoms with Gasteiger partial charge in [0.2, 0.25) is 15.9 Å². The van der Waals surface area contributed by atoms with E-state index in [1.165, 1.54) is 12.7 Å². The topological polar surface area (TPSA) is 88.2 Å². The Morgan fingerprint density at radius 2 is 1.74 bits per heavy atom. The number of morpholine rings is 1. The molecule has 1 heterocycles. The number of hydrogen-bond donors (Lipinski definition) is 1. The van der Waals surface area contributed by atoms with E-state index in [0.29, 0.717) is 18.0 Å². The number of para-hydroxylation sites is 2. The molecule has 2 aromatic carbocycles. The van der Waals surface area contributed by atoms with Crippen LogP contribution in [0.25, 0.3) is 0 Å². The Morgan fingerprint density at radius 1 is 1.10 bits per heavy atom. The largest absolute Gasteiger partial charge is 0.495 e. The first-order valence-corrected chi connectivity index (χ1v) is 12.0. The van der Waals surface area contributed by atoms with Crippen LogP contribution in [0.15, 0.2) is 48.5 Å². The van der Waals surface area contributed by atoms with Crippen molar-refractivity contribution < 1.29 is 22.7 Å². The van der Waals surface area contributed by atoms with E-state index in [0.717, 1.165) is 49.0 Å². The molecule has 1 fully saturated rings. The Morgan fingerprint density at radius 3 is 2.39 bits per heavy atom. The predicted octanol–water partition coefficient (Wildman–Crippen LogP) is 1.61. The van der Waals surface area contributed by atoms with Crippen LogP contribution in [-0.4, -0.2) is 65.4 Å². The first-order chi connectivity index (χ1) is 14.9. The maximum atomic E-state index is 12.5. The Hall–Kier alpha value is -2.62. The van der Waals surface area contributed by atoms with Crippen LogP contribution in [0, 0.1) is 0 Å². The molecule has 8 nitrogen and oxygen atoms in total. The van der Waals surface area contributed by atoms with E-state index in [2.05, 4.69) is 22.3 Å². The van der Waals surface area contributed by atoms with Crippen LogP contribution in [0.3, 0.4) is 0 Å². The second-order valence-corrected chi connectivity index (χ2v) is 9.33. The average Bonchev–Trinajstić information content (AvgIpc) is 2.77. The summed E-state index contributed by atoms with van der Waals surface area (Å²) in [6.45, 7) is 4.27. The lowest BCUT2D eigenvalue weighted by molar-refractivity contribution is -0.119. The Labute approximate surface area is 183 Å². The molecule has 1 saturated heterocycles. The lowest BCUT2D eigenvalue weighted by Gasteiger charge is -2.26. The number of ether oxygens (including phenoxy) is 2. The number of nitrogens with one attached hydrogen (secondary N) is 1. The second-order valence-electron chi connectivity index (χ2n) is 7.42. The summed E-state index contributed by atoms with van der Waals surface area (Å²) in [7, 11) is -2.21. The van der Waals surface area contributed by atoms with Gasteiger partial charge < -0.3 is 14.8 Å². The van der Waals surface area contributed by atoms with Crippen molar-refractivity contribution in [3.63, 3.8) is 0 Å². The third-order valence-electron chi connectivity index (χ3n) is 5.06. The number of methoxy groups -OCH3 is 1. The Balaban J connectivity index is 1.57. The van der Waals surface area contributed by atoms with Crippen LogP contribution in [0.2, 0.25) is 0 Å². The van der Waals surface area contributed by atoms with Gasteiger partial charge in [0, 0.05) is 26.2 Å². The minimum absolute atomic E-state index is 0.320. The minimum atomic E-state index is -3.67. The Kier molecular flexibility index (Phi) is 7.89. The molecule has 1 N–H and O–H groups in total. The molecule has 0 bridgehead atoms. The van der Waals surface area contributed by atoms with Crippen molar-refractivity contribution in [2.75, 3.05) is 50.5 Å². The van der Waals surface area contributed by atoms with Crippen LogP contribution >= 0.6 is 0 Å². The highest BCUT2D eigenvalue weighted by atomic mass is 32.2. The van der Waals surface area contributed by atoms with E-state index in [9.17, 15) is 13.2 Å². The van der Waals surface area contributed by atoms with Gasteiger partial charge in [0.25, 0.3) is 0 Å². The zero-order chi connectivity index (χ0) is 22.3. The highest BCUT2D eigenvalue weighted by Gasteiger charge is 2.23. The molecule has 0 radical (unpaired) electrons. The maximum absolute atomic E-state index is 12.5. The third-order valence-corrected chi connectivity index (χ3v) is 6.19. The molecular formula is C22H29N3O5S. The summed E-state index contributed by atoms with van der Waals surface area (Å²) >= 11 is 0. The molecule has 0 atom stereocenters. The molecule has 1 aliphatic rings. The van der Waals surface area contributed by atoms with Gasteiger partial charge in [-0.2, -0.15) is 0 Å². The summed E-state index contributed by atoms with van der Waals surface area (Å²) < 4.78 is 36.2. The summed E-state index contributed by atoms with van der Waals surface area (Å²) in [4.78, 5) is 14.8. The number of rotatable bonds is 9. The molecule has 0 unspecified atom stereocenters. The number of anilines is 1. The molecule has 9 heteroatoms. The molecule has 3 rings (SSSR count).